The summed E-state index contributed by atoms with van der Waals surface area (Å²) in [5.74, 6) is 0.271. The number of anilines is 4. The van der Waals surface area contributed by atoms with Crippen LogP contribution in [0.25, 0.3) is 0 Å². The highest BCUT2D eigenvalue weighted by Crippen LogP contribution is 2.56. The van der Waals surface area contributed by atoms with Crippen LogP contribution >= 0.6 is 0 Å². The highest BCUT2D eigenvalue weighted by molar-refractivity contribution is 6.02. The van der Waals surface area contributed by atoms with Crippen LogP contribution in [-0.2, 0) is 11.6 Å². The third-order valence-electron chi connectivity index (χ3n) is 9.45. The van der Waals surface area contributed by atoms with Crippen LogP contribution in [0, 0.1) is 5.41 Å². The van der Waals surface area contributed by atoms with E-state index in [1.54, 1.807) is 29.2 Å². The molecule has 3 aromatic rings. The van der Waals surface area contributed by atoms with Gasteiger partial charge in [-0.15, -0.1) is 0 Å². The molecule has 1 saturated heterocycles. The molecule has 0 bridgehead atoms. The minimum atomic E-state index is -4.57. The second-order valence-corrected chi connectivity index (χ2v) is 13.8. The first-order valence-electron chi connectivity index (χ1n) is 15.9. The number of fused-ring (bicyclic) bond motifs is 1. The number of para-hydroxylation sites is 2. The van der Waals surface area contributed by atoms with Gasteiger partial charge in [0.1, 0.15) is 5.75 Å². The average molecular weight is 623 g/mol. The monoisotopic (exact) mass is 622 g/mol. The lowest BCUT2D eigenvalue weighted by Gasteiger charge is -2.36. The quantitative estimate of drug-likeness (QED) is 0.246. The molecule has 0 aromatic heterocycles. The number of amides is 2. The summed E-state index contributed by atoms with van der Waals surface area (Å²) in [4.78, 5) is 17.4. The number of likely N-dealkylation sites (tertiary alicyclic amines) is 1. The lowest BCUT2D eigenvalue weighted by atomic mass is 9.75. The highest BCUT2D eigenvalue weighted by Gasteiger charge is 2.49. The van der Waals surface area contributed by atoms with E-state index in [4.69, 9.17) is 0 Å². The Labute approximate surface area is 264 Å². The summed E-state index contributed by atoms with van der Waals surface area (Å²) in [7, 11) is 0. The number of urea groups is 1. The van der Waals surface area contributed by atoms with Gasteiger partial charge in [-0.2, -0.15) is 13.2 Å². The molecular formula is C36H45F3N4O2. The molecule has 5 rings (SSSR count). The Bertz CT molecular complexity index is 1500. The van der Waals surface area contributed by atoms with Crippen LogP contribution in [-0.4, -0.2) is 42.2 Å². The van der Waals surface area contributed by atoms with Crippen LogP contribution in [0.1, 0.15) is 82.9 Å². The number of hydrogen-bond acceptors (Lipinski definition) is 4. The third kappa shape index (κ3) is 6.93. The number of hydrogen-bond donors (Lipinski definition) is 3. The van der Waals surface area contributed by atoms with Gasteiger partial charge in [0.05, 0.1) is 22.6 Å². The smallest absolute Gasteiger partial charge is 0.416 e. The molecule has 2 heterocycles. The molecule has 0 radical (unpaired) electrons. The standard InChI is InChI=1S/C36H45F3N4O2/c1-6-35(7-2)23-43(32-30(44)17-16-27(31(32)35)36(37,38)39)29-11-9-8-10-28(29)41-33(45)40-26-14-12-24(13-15-26)25-18-20-42(21-19-25)22-34(3,4)5/h8-17,25,44H,6-7,18-23H2,1-5H3,(H2,40,41,45). The van der Waals surface area contributed by atoms with Crippen molar-refractivity contribution in [3.63, 3.8) is 0 Å². The predicted molar refractivity (Wildman–Crippen MR) is 176 cm³/mol. The van der Waals surface area contributed by atoms with Crippen molar-refractivity contribution in [1.82, 2.24) is 4.90 Å². The molecule has 3 aromatic carbocycles. The zero-order chi connectivity index (χ0) is 32.6. The first kappa shape index (κ1) is 32.7. The summed E-state index contributed by atoms with van der Waals surface area (Å²) in [6.07, 6.45) is -1.43. The summed E-state index contributed by atoms with van der Waals surface area (Å²) >= 11 is 0. The van der Waals surface area contributed by atoms with Crippen molar-refractivity contribution in [1.29, 1.82) is 0 Å². The van der Waals surface area contributed by atoms with Gasteiger partial charge in [0, 0.05) is 24.2 Å². The summed E-state index contributed by atoms with van der Waals surface area (Å²) in [5.41, 5.74) is 1.84. The molecule has 0 aliphatic carbocycles. The fourth-order valence-corrected chi connectivity index (χ4v) is 7.15. The van der Waals surface area contributed by atoms with E-state index in [2.05, 4.69) is 48.4 Å². The van der Waals surface area contributed by atoms with Gasteiger partial charge < -0.3 is 25.5 Å². The molecule has 0 saturated carbocycles. The zero-order valence-electron chi connectivity index (χ0n) is 26.9. The molecule has 0 unspecified atom stereocenters. The number of halogens is 3. The molecule has 1 fully saturated rings. The van der Waals surface area contributed by atoms with Gasteiger partial charge in [-0.25, -0.2) is 4.79 Å². The van der Waals surface area contributed by atoms with Gasteiger partial charge in [-0.3, -0.25) is 0 Å². The van der Waals surface area contributed by atoms with E-state index in [9.17, 15) is 23.1 Å². The summed E-state index contributed by atoms with van der Waals surface area (Å²) in [6.45, 7) is 14.1. The van der Waals surface area contributed by atoms with Gasteiger partial charge in [0.25, 0.3) is 0 Å². The normalized spacial score (nSPS) is 17.3. The van der Waals surface area contributed by atoms with Gasteiger partial charge in [0.2, 0.25) is 0 Å². The Morgan fingerprint density at radius 3 is 2.18 bits per heavy atom. The van der Waals surface area contributed by atoms with Crippen LogP contribution in [0.2, 0.25) is 0 Å². The number of phenols is 1. The number of nitrogens with one attached hydrogen (secondary N) is 2. The van der Waals surface area contributed by atoms with Crippen molar-refractivity contribution in [2.75, 3.05) is 41.7 Å². The third-order valence-corrected chi connectivity index (χ3v) is 9.45. The molecule has 2 aliphatic heterocycles. The van der Waals surface area contributed by atoms with Crippen LogP contribution in [0.5, 0.6) is 5.75 Å². The van der Waals surface area contributed by atoms with Crippen molar-refractivity contribution < 1.29 is 23.1 Å². The second kappa shape index (κ2) is 12.6. The Morgan fingerprint density at radius 2 is 1.58 bits per heavy atom. The van der Waals surface area contributed by atoms with E-state index in [0.717, 1.165) is 44.6 Å². The zero-order valence-corrected chi connectivity index (χ0v) is 26.9. The lowest BCUT2D eigenvalue weighted by Crippen LogP contribution is -2.38. The SMILES string of the molecule is CCC1(CC)CN(c2ccccc2NC(=O)Nc2ccc(C3CCN(CC(C)(C)C)CC3)cc2)c2c(O)ccc(C(F)(F)F)c21. The topological polar surface area (TPSA) is 67.8 Å². The van der Waals surface area contributed by atoms with Gasteiger partial charge in [0.15, 0.2) is 0 Å². The number of aromatic hydroxyl groups is 1. The Kier molecular flexibility index (Phi) is 9.13. The van der Waals surface area contributed by atoms with E-state index in [-0.39, 0.29) is 29.0 Å². The van der Waals surface area contributed by atoms with Crippen molar-refractivity contribution in [3.8, 4) is 5.75 Å². The molecular weight excluding hydrogens is 577 g/mol. The fourth-order valence-electron chi connectivity index (χ4n) is 7.15. The van der Waals surface area contributed by atoms with Crippen LogP contribution in [0.15, 0.2) is 60.7 Å². The minimum Gasteiger partial charge on any atom is -0.506 e. The maximum absolute atomic E-state index is 14.2. The summed E-state index contributed by atoms with van der Waals surface area (Å²) < 4.78 is 42.6. The van der Waals surface area contributed by atoms with Crippen molar-refractivity contribution in [3.05, 3.63) is 77.4 Å². The van der Waals surface area contributed by atoms with Gasteiger partial charge >= 0.3 is 12.2 Å². The van der Waals surface area contributed by atoms with E-state index < -0.39 is 23.2 Å². The largest absolute Gasteiger partial charge is 0.506 e. The first-order chi connectivity index (χ1) is 21.2. The van der Waals surface area contributed by atoms with Gasteiger partial charge in [-0.1, -0.05) is 58.9 Å². The van der Waals surface area contributed by atoms with E-state index in [0.29, 0.717) is 35.8 Å². The van der Waals surface area contributed by atoms with Crippen LogP contribution in [0.3, 0.4) is 0 Å². The number of benzene rings is 3. The highest BCUT2D eigenvalue weighted by atomic mass is 19.4. The summed E-state index contributed by atoms with van der Waals surface area (Å²) in [5, 5.41) is 16.7. The maximum atomic E-state index is 14.2. The lowest BCUT2D eigenvalue weighted by molar-refractivity contribution is -0.138. The number of alkyl halides is 3. The molecule has 9 heteroatoms. The van der Waals surface area contributed by atoms with Crippen molar-refractivity contribution >= 4 is 28.8 Å². The van der Waals surface area contributed by atoms with Gasteiger partial charge in [-0.05, 0) is 97.6 Å². The molecule has 45 heavy (non-hydrogen) atoms. The number of carbonyl (C=O) groups is 1. The Morgan fingerprint density at radius 1 is 0.933 bits per heavy atom. The number of nitrogens with zero attached hydrogens (tertiary/aromatic N) is 2. The van der Waals surface area contributed by atoms with Crippen molar-refractivity contribution in [2.24, 2.45) is 5.41 Å². The second-order valence-electron chi connectivity index (χ2n) is 13.8. The minimum absolute atomic E-state index is 0.110. The van der Waals surface area contributed by atoms with Crippen LogP contribution in [0.4, 0.5) is 40.7 Å². The van der Waals surface area contributed by atoms with Crippen LogP contribution < -0.4 is 15.5 Å². The molecule has 242 valence electrons. The maximum Gasteiger partial charge on any atom is 0.416 e. The average Bonchev–Trinajstić information content (AvgIpc) is 3.33. The number of phenolic OH excluding ortho intramolecular Hbond substituents is 1. The number of rotatable bonds is 7. The molecule has 0 atom stereocenters. The predicted octanol–water partition coefficient (Wildman–Crippen LogP) is 9.49. The molecule has 0 spiro atoms. The van der Waals surface area contributed by atoms with E-state index in [1.165, 1.54) is 5.56 Å². The number of carbonyl (C=O) groups excluding carboxylic acids is 1. The van der Waals surface area contributed by atoms with E-state index in [1.807, 2.05) is 26.0 Å². The number of piperidine rings is 1. The fraction of sp³-hybridized carbons (Fsp3) is 0.472. The molecule has 2 aliphatic rings. The van der Waals surface area contributed by atoms with E-state index >= 15 is 0 Å². The Balaban J connectivity index is 1.32. The molecule has 2 amide bonds. The summed E-state index contributed by atoms with van der Waals surface area (Å²) in [6, 6.07) is 16.6. The first-order valence-corrected chi connectivity index (χ1v) is 15.9. The molecule has 6 nitrogen and oxygen atoms in total. The van der Waals surface area contributed by atoms with Crippen molar-refractivity contribution in [2.45, 2.75) is 77.8 Å². The Hall–Kier alpha value is -3.72. The molecule has 3 N–H and O–H groups in total.